The number of quaternary nitrogens is 1. The van der Waals surface area contributed by atoms with E-state index >= 15 is 0 Å². The molecule has 0 aromatic rings. The van der Waals surface area contributed by atoms with E-state index in [4.69, 9.17) is 0 Å². The minimum absolute atomic E-state index is 0.104. The monoisotopic (exact) mass is 395 g/mol. The molecule has 4 nitrogen and oxygen atoms in total. The van der Waals surface area contributed by atoms with E-state index in [0.717, 1.165) is 25.9 Å². The number of nitrogens with zero attached hydrogens (tertiary/aromatic N) is 2. The quantitative estimate of drug-likeness (QED) is 0.193. The number of carboxylic acid groups (broad SMARTS) is 1. The van der Waals surface area contributed by atoms with Crippen molar-refractivity contribution >= 4 is 6.09 Å². The van der Waals surface area contributed by atoms with E-state index in [0.29, 0.717) is 6.67 Å². The summed E-state index contributed by atoms with van der Waals surface area (Å²) >= 11 is 0. The Morgan fingerprint density at radius 1 is 0.786 bits per heavy atom. The molecule has 1 heterocycles. The van der Waals surface area contributed by atoms with Gasteiger partial charge in [0.2, 0.25) is 0 Å². The third-order valence-corrected chi connectivity index (χ3v) is 6.09. The van der Waals surface area contributed by atoms with Gasteiger partial charge in [0.25, 0.3) is 0 Å². The zero-order valence-electron chi connectivity index (χ0n) is 18.8. The highest BCUT2D eigenvalue weighted by Crippen LogP contribution is 2.22. The fourth-order valence-electron chi connectivity index (χ4n) is 4.13. The normalized spacial score (nSPS) is 18.9. The summed E-state index contributed by atoms with van der Waals surface area (Å²) in [5.74, 6) is 0. The molecule has 0 radical (unpaired) electrons. The predicted octanol–water partition coefficient (Wildman–Crippen LogP) is 7.51. The van der Waals surface area contributed by atoms with Crippen molar-refractivity contribution in [2.24, 2.45) is 0 Å². The summed E-state index contributed by atoms with van der Waals surface area (Å²) in [6, 6.07) is 0. The third kappa shape index (κ3) is 10.5. The van der Waals surface area contributed by atoms with Gasteiger partial charge >= 0.3 is 6.09 Å². The Bertz CT molecular complexity index is 425. The van der Waals surface area contributed by atoms with Crippen molar-refractivity contribution in [3.63, 3.8) is 0 Å². The molecule has 1 rings (SSSR count). The van der Waals surface area contributed by atoms with Gasteiger partial charge in [0.15, 0.2) is 6.67 Å². The summed E-state index contributed by atoms with van der Waals surface area (Å²) in [5.41, 5.74) is 0. The lowest BCUT2D eigenvalue weighted by Crippen LogP contribution is -2.49. The largest absolute Gasteiger partial charge is 0.519 e. The molecule has 28 heavy (non-hydrogen) atoms. The van der Waals surface area contributed by atoms with Crippen LogP contribution in [0.4, 0.5) is 4.79 Å². The Balaban J connectivity index is 2.13. The smallest absolute Gasteiger partial charge is 0.435 e. The molecule has 1 N–H and O–H groups in total. The number of unbranched alkanes of at least 4 members (excludes halogenated alkanes) is 14. The van der Waals surface area contributed by atoms with Gasteiger partial charge in [0.05, 0.1) is 12.7 Å². The summed E-state index contributed by atoms with van der Waals surface area (Å²) in [4.78, 5) is 14.1. The summed E-state index contributed by atoms with van der Waals surface area (Å²) < 4.78 is 0.104. The maximum absolute atomic E-state index is 11.9. The Morgan fingerprint density at radius 3 is 1.75 bits per heavy atom. The summed E-state index contributed by atoms with van der Waals surface area (Å²) in [7, 11) is 0. The maximum atomic E-state index is 11.9. The van der Waals surface area contributed by atoms with Crippen molar-refractivity contribution < 1.29 is 14.4 Å². The van der Waals surface area contributed by atoms with Crippen LogP contribution in [0, 0.1) is 0 Å². The maximum Gasteiger partial charge on any atom is 0.519 e. The second-order valence-corrected chi connectivity index (χ2v) is 8.74. The molecule has 0 aromatic carbocycles. The number of hydrogen-bond acceptors (Lipinski definition) is 2. The van der Waals surface area contributed by atoms with Crippen LogP contribution in [0.3, 0.4) is 0 Å². The molecule has 0 bridgehead atoms. The van der Waals surface area contributed by atoms with Gasteiger partial charge in [0.1, 0.15) is 6.20 Å². The van der Waals surface area contributed by atoms with Crippen molar-refractivity contribution in [1.82, 2.24) is 4.90 Å². The van der Waals surface area contributed by atoms with Crippen LogP contribution in [0.5, 0.6) is 0 Å². The molecule has 0 saturated heterocycles. The lowest BCUT2D eigenvalue weighted by Gasteiger charge is -2.27. The second kappa shape index (κ2) is 15.8. The van der Waals surface area contributed by atoms with Crippen molar-refractivity contribution in [2.75, 3.05) is 19.8 Å². The zero-order chi connectivity index (χ0) is 20.5. The number of rotatable bonds is 18. The Kier molecular flexibility index (Phi) is 14.1. The predicted molar refractivity (Wildman–Crippen MR) is 119 cm³/mol. The molecule has 4 heteroatoms. The van der Waals surface area contributed by atoms with Crippen LogP contribution < -0.4 is 0 Å². The first kappa shape index (κ1) is 25.0. The zero-order valence-corrected chi connectivity index (χ0v) is 18.8. The number of amides is 1. The minimum atomic E-state index is -0.697. The van der Waals surface area contributed by atoms with Gasteiger partial charge in [-0.2, -0.15) is 9.28 Å². The SMILES string of the molecule is CCCCCCCCCCCC[N+]1(C(=O)O)C=CN(CCCCCCCC)C1. The molecule has 1 aliphatic rings. The summed E-state index contributed by atoms with van der Waals surface area (Å²) in [6.45, 7) is 6.84. The fraction of sp³-hybridized carbons (Fsp3) is 0.875. The summed E-state index contributed by atoms with van der Waals surface area (Å²) in [5, 5.41) is 9.79. The highest BCUT2D eigenvalue weighted by atomic mass is 16.4. The first-order chi connectivity index (χ1) is 13.6. The van der Waals surface area contributed by atoms with Crippen LogP contribution in [0.1, 0.15) is 117 Å². The molecule has 0 saturated carbocycles. The molecule has 0 aliphatic carbocycles. The molecule has 0 fully saturated rings. The van der Waals surface area contributed by atoms with Gasteiger partial charge < -0.3 is 10.0 Å². The van der Waals surface area contributed by atoms with E-state index in [1.54, 1.807) is 0 Å². The Morgan fingerprint density at radius 2 is 1.25 bits per heavy atom. The topological polar surface area (TPSA) is 40.5 Å². The van der Waals surface area contributed by atoms with Gasteiger partial charge in [-0.15, -0.1) is 0 Å². The first-order valence-corrected chi connectivity index (χ1v) is 12.2. The number of hydrogen-bond donors (Lipinski definition) is 1. The first-order valence-electron chi connectivity index (χ1n) is 12.2. The molecular formula is C24H47N2O2+. The van der Waals surface area contributed by atoms with Crippen LogP contribution in [0.25, 0.3) is 0 Å². The van der Waals surface area contributed by atoms with Gasteiger partial charge in [-0.1, -0.05) is 97.3 Å². The molecule has 1 amide bonds. The van der Waals surface area contributed by atoms with Crippen molar-refractivity contribution in [1.29, 1.82) is 0 Å². The van der Waals surface area contributed by atoms with E-state index in [1.165, 1.54) is 89.9 Å². The molecule has 1 atom stereocenters. The second-order valence-electron chi connectivity index (χ2n) is 8.74. The Labute approximate surface area is 174 Å². The van der Waals surface area contributed by atoms with Crippen LogP contribution in [0.2, 0.25) is 0 Å². The minimum Gasteiger partial charge on any atom is -0.435 e. The summed E-state index contributed by atoms with van der Waals surface area (Å²) in [6.07, 6.45) is 23.8. The van der Waals surface area contributed by atoms with Gasteiger partial charge in [-0.25, -0.2) is 0 Å². The van der Waals surface area contributed by atoms with Gasteiger partial charge in [0, 0.05) is 6.54 Å². The van der Waals surface area contributed by atoms with E-state index in [9.17, 15) is 9.90 Å². The lowest BCUT2D eigenvalue weighted by molar-refractivity contribution is -0.808. The number of carbonyl (C=O) groups is 1. The fourth-order valence-corrected chi connectivity index (χ4v) is 4.13. The molecule has 1 aliphatic heterocycles. The van der Waals surface area contributed by atoms with E-state index in [1.807, 2.05) is 12.4 Å². The average molecular weight is 396 g/mol. The van der Waals surface area contributed by atoms with Crippen molar-refractivity contribution in [2.45, 2.75) is 117 Å². The lowest BCUT2D eigenvalue weighted by atomic mass is 10.1. The highest BCUT2D eigenvalue weighted by Gasteiger charge is 2.39. The van der Waals surface area contributed by atoms with E-state index in [2.05, 4.69) is 18.7 Å². The molecular weight excluding hydrogens is 348 g/mol. The van der Waals surface area contributed by atoms with Crippen LogP contribution in [-0.4, -0.2) is 40.3 Å². The average Bonchev–Trinajstić information content (AvgIpc) is 3.11. The van der Waals surface area contributed by atoms with Crippen LogP contribution >= 0.6 is 0 Å². The van der Waals surface area contributed by atoms with Crippen molar-refractivity contribution in [3.05, 3.63) is 12.4 Å². The molecule has 164 valence electrons. The standard InChI is InChI=1S/C24H46N2O2/c1-3-5-7-9-11-12-13-14-16-18-21-26(24(27)28)22-20-25(23-26)19-17-15-10-8-6-4-2/h20,22H,3-19,21,23H2,1-2H3/p+1. The molecule has 0 aromatic heterocycles. The van der Waals surface area contributed by atoms with E-state index in [-0.39, 0.29) is 4.48 Å². The van der Waals surface area contributed by atoms with E-state index < -0.39 is 6.09 Å². The van der Waals surface area contributed by atoms with Crippen LogP contribution in [0.15, 0.2) is 12.4 Å². The van der Waals surface area contributed by atoms with Crippen LogP contribution in [-0.2, 0) is 0 Å². The molecule has 0 spiro atoms. The van der Waals surface area contributed by atoms with Gasteiger partial charge in [-0.05, 0) is 19.3 Å². The third-order valence-electron chi connectivity index (χ3n) is 6.09. The molecule has 1 unspecified atom stereocenters. The highest BCUT2D eigenvalue weighted by molar-refractivity contribution is 5.57. The van der Waals surface area contributed by atoms with Crippen molar-refractivity contribution in [3.8, 4) is 0 Å². The van der Waals surface area contributed by atoms with Gasteiger partial charge in [-0.3, -0.25) is 0 Å². The Hall–Kier alpha value is -1.03.